The third-order valence-corrected chi connectivity index (χ3v) is 7.19. The molecule has 5 nitrogen and oxygen atoms in total. The summed E-state index contributed by atoms with van der Waals surface area (Å²) in [6.07, 6.45) is 4.68. The van der Waals surface area contributed by atoms with E-state index in [-0.39, 0.29) is 12.6 Å². The maximum atomic E-state index is 12.5. The van der Waals surface area contributed by atoms with Crippen LogP contribution in [0.1, 0.15) is 55.6 Å². The SMILES string of the molecule is COc1cc(C(CN2CCC(N(C)C)CC2)C(O)CCCCCF)ccc1OCc1ccccc1. The largest absolute Gasteiger partial charge is 0.493 e. The van der Waals surface area contributed by atoms with Gasteiger partial charge >= 0.3 is 0 Å². The second-order valence-electron chi connectivity index (χ2n) is 9.89. The fraction of sp³-hybridized carbons (Fsp3) is 0.586. The van der Waals surface area contributed by atoms with Crippen molar-refractivity contribution in [2.45, 2.75) is 63.2 Å². The van der Waals surface area contributed by atoms with Crippen LogP contribution in [0, 0.1) is 0 Å². The highest BCUT2D eigenvalue weighted by atomic mass is 19.1. The molecule has 1 N–H and O–H groups in total. The molecule has 1 saturated heterocycles. The normalized spacial score (nSPS) is 16.9. The van der Waals surface area contributed by atoms with Crippen molar-refractivity contribution in [1.29, 1.82) is 0 Å². The van der Waals surface area contributed by atoms with Gasteiger partial charge in [0.05, 0.1) is 19.9 Å². The molecular weight excluding hydrogens is 443 g/mol. The number of nitrogens with zero attached hydrogens (tertiary/aromatic N) is 2. The van der Waals surface area contributed by atoms with Crippen molar-refractivity contribution >= 4 is 0 Å². The molecule has 6 heteroatoms. The van der Waals surface area contributed by atoms with Crippen molar-refractivity contribution in [1.82, 2.24) is 9.80 Å². The van der Waals surface area contributed by atoms with Crippen LogP contribution in [0.5, 0.6) is 11.5 Å². The van der Waals surface area contributed by atoms with E-state index in [2.05, 4.69) is 30.0 Å². The molecule has 1 heterocycles. The molecule has 2 aromatic carbocycles. The Morgan fingerprint density at radius 1 is 1.03 bits per heavy atom. The van der Waals surface area contributed by atoms with E-state index in [1.165, 1.54) is 0 Å². The van der Waals surface area contributed by atoms with Crippen LogP contribution in [-0.4, -0.2) is 74.6 Å². The van der Waals surface area contributed by atoms with Crippen molar-refractivity contribution in [2.75, 3.05) is 47.5 Å². The average Bonchev–Trinajstić information content (AvgIpc) is 2.89. The number of methoxy groups -OCH3 is 1. The molecule has 3 rings (SSSR count). The lowest BCUT2D eigenvalue weighted by molar-refractivity contribution is 0.0855. The van der Waals surface area contributed by atoms with Gasteiger partial charge in [0, 0.05) is 18.5 Å². The predicted molar refractivity (Wildman–Crippen MR) is 140 cm³/mol. The molecule has 35 heavy (non-hydrogen) atoms. The summed E-state index contributed by atoms with van der Waals surface area (Å²) in [6.45, 7) is 3.05. The van der Waals surface area contributed by atoms with Gasteiger partial charge in [-0.25, -0.2) is 0 Å². The standard InChI is InChI=1S/C29H43FN2O3/c1-31(2)25-15-18-32(19-16-25)21-26(27(33)12-8-5-9-17-30)24-13-14-28(29(20-24)34-3)35-22-23-10-6-4-7-11-23/h4,6-7,10-11,13-14,20,25-27,33H,5,8-9,12,15-19,21-22H2,1-3H3. The summed E-state index contributed by atoms with van der Waals surface area (Å²) in [6, 6.07) is 16.7. The van der Waals surface area contributed by atoms with E-state index in [1.54, 1.807) is 7.11 Å². The van der Waals surface area contributed by atoms with Crippen LogP contribution < -0.4 is 9.47 Å². The van der Waals surface area contributed by atoms with Gasteiger partial charge in [-0.2, -0.15) is 0 Å². The Morgan fingerprint density at radius 2 is 1.77 bits per heavy atom. The number of aliphatic hydroxyl groups excluding tert-OH is 1. The fourth-order valence-electron chi connectivity index (χ4n) is 4.94. The van der Waals surface area contributed by atoms with Crippen molar-refractivity contribution in [3.05, 3.63) is 59.7 Å². The first kappa shape index (κ1) is 27.4. The number of halogens is 1. The van der Waals surface area contributed by atoms with E-state index < -0.39 is 6.10 Å². The average molecular weight is 487 g/mol. The topological polar surface area (TPSA) is 45.2 Å². The summed E-state index contributed by atoms with van der Waals surface area (Å²) in [5.41, 5.74) is 2.16. The summed E-state index contributed by atoms with van der Waals surface area (Å²) in [4.78, 5) is 4.79. The van der Waals surface area contributed by atoms with Gasteiger partial charge in [0.25, 0.3) is 0 Å². The Bertz CT molecular complexity index is 856. The van der Waals surface area contributed by atoms with Gasteiger partial charge in [0.1, 0.15) is 6.61 Å². The summed E-state index contributed by atoms with van der Waals surface area (Å²) < 4.78 is 24.3. The Morgan fingerprint density at radius 3 is 2.43 bits per heavy atom. The Labute approximate surface area is 210 Å². The number of unbranched alkanes of at least 4 members (excludes halogenated alkanes) is 2. The number of likely N-dealkylation sites (tertiary alicyclic amines) is 1. The van der Waals surface area contributed by atoms with Crippen molar-refractivity contribution in [2.24, 2.45) is 0 Å². The highest BCUT2D eigenvalue weighted by molar-refractivity contribution is 5.44. The zero-order valence-corrected chi connectivity index (χ0v) is 21.7. The highest BCUT2D eigenvalue weighted by Gasteiger charge is 2.28. The van der Waals surface area contributed by atoms with Gasteiger partial charge in [0.2, 0.25) is 0 Å². The molecule has 194 valence electrons. The molecule has 0 aromatic heterocycles. The molecule has 0 bridgehead atoms. The molecule has 0 spiro atoms. The van der Waals surface area contributed by atoms with E-state index in [0.29, 0.717) is 37.0 Å². The zero-order valence-electron chi connectivity index (χ0n) is 21.7. The van der Waals surface area contributed by atoms with E-state index in [4.69, 9.17) is 9.47 Å². The molecule has 2 atom stereocenters. The van der Waals surface area contributed by atoms with Crippen molar-refractivity contribution in [3.63, 3.8) is 0 Å². The van der Waals surface area contributed by atoms with Crippen LogP contribution in [0.15, 0.2) is 48.5 Å². The first-order valence-corrected chi connectivity index (χ1v) is 13.0. The van der Waals surface area contributed by atoms with E-state index in [9.17, 15) is 9.50 Å². The second kappa shape index (κ2) is 14.4. The predicted octanol–water partition coefficient (Wildman–Crippen LogP) is 5.27. The van der Waals surface area contributed by atoms with Gasteiger partial charge in [-0.3, -0.25) is 4.39 Å². The minimum atomic E-state index is -0.484. The number of piperidine rings is 1. The van der Waals surface area contributed by atoms with Gasteiger partial charge in [-0.1, -0.05) is 49.2 Å². The van der Waals surface area contributed by atoms with Crippen LogP contribution in [0.25, 0.3) is 0 Å². The first-order valence-electron chi connectivity index (χ1n) is 13.0. The van der Waals surface area contributed by atoms with Crippen LogP contribution in [0.2, 0.25) is 0 Å². The molecular formula is C29H43FN2O3. The molecule has 1 aliphatic heterocycles. The molecule has 0 aliphatic carbocycles. The number of aliphatic hydroxyl groups is 1. The third kappa shape index (κ3) is 8.48. The Kier molecular flexibility index (Phi) is 11.3. The number of rotatable bonds is 14. The van der Waals surface area contributed by atoms with Gasteiger partial charge < -0.3 is 24.4 Å². The maximum Gasteiger partial charge on any atom is 0.161 e. The number of hydrogen-bond donors (Lipinski definition) is 1. The molecule has 0 saturated carbocycles. The van der Waals surface area contributed by atoms with Crippen LogP contribution >= 0.6 is 0 Å². The lowest BCUT2D eigenvalue weighted by Crippen LogP contribution is -2.44. The van der Waals surface area contributed by atoms with E-state index >= 15 is 0 Å². The number of benzene rings is 2. The second-order valence-corrected chi connectivity index (χ2v) is 9.89. The quantitative estimate of drug-likeness (QED) is 0.369. The van der Waals surface area contributed by atoms with Crippen molar-refractivity contribution in [3.8, 4) is 11.5 Å². The first-order chi connectivity index (χ1) is 17.0. The van der Waals surface area contributed by atoms with Crippen LogP contribution in [0.3, 0.4) is 0 Å². The number of alkyl halides is 1. The van der Waals surface area contributed by atoms with Gasteiger partial charge in [-0.15, -0.1) is 0 Å². The lowest BCUT2D eigenvalue weighted by Gasteiger charge is -2.38. The number of ether oxygens (including phenoxy) is 2. The Hall–Kier alpha value is -2.15. The third-order valence-electron chi connectivity index (χ3n) is 7.19. The monoisotopic (exact) mass is 486 g/mol. The molecule has 1 aliphatic rings. The summed E-state index contributed by atoms with van der Waals surface area (Å²) in [5.74, 6) is 1.34. The zero-order chi connectivity index (χ0) is 25.0. The molecule has 0 amide bonds. The van der Waals surface area contributed by atoms with E-state index in [1.807, 2.05) is 42.5 Å². The molecule has 1 fully saturated rings. The minimum absolute atomic E-state index is 0.0339. The summed E-state index contributed by atoms with van der Waals surface area (Å²) in [5, 5.41) is 11.2. The fourth-order valence-corrected chi connectivity index (χ4v) is 4.94. The molecule has 0 radical (unpaired) electrons. The molecule has 2 unspecified atom stereocenters. The molecule has 2 aromatic rings. The van der Waals surface area contributed by atoms with Gasteiger partial charge in [-0.05, 0) is 76.1 Å². The van der Waals surface area contributed by atoms with Crippen LogP contribution in [0.4, 0.5) is 4.39 Å². The smallest absolute Gasteiger partial charge is 0.161 e. The minimum Gasteiger partial charge on any atom is -0.493 e. The van der Waals surface area contributed by atoms with Crippen molar-refractivity contribution < 1.29 is 19.0 Å². The highest BCUT2D eigenvalue weighted by Crippen LogP contribution is 2.34. The summed E-state index contributed by atoms with van der Waals surface area (Å²) >= 11 is 0. The summed E-state index contributed by atoms with van der Waals surface area (Å²) in [7, 11) is 5.96. The maximum absolute atomic E-state index is 12.5. The number of hydrogen-bond acceptors (Lipinski definition) is 5. The lowest BCUT2D eigenvalue weighted by atomic mass is 9.88. The van der Waals surface area contributed by atoms with E-state index in [0.717, 1.165) is 56.4 Å². The van der Waals surface area contributed by atoms with Crippen LogP contribution in [-0.2, 0) is 6.61 Å². The Balaban J connectivity index is 1.72. The van der Waals surface area contributed by atoms with Gasteiger partial charge in [0.15, 0.2) is 11.5 Å².